The van der Waals surface area contributed by atoms with E-state index in [4.69, 9.17) is 32.6 Å². The maximum atomic E-state index is 14.2. The molecule has 17 heteroatoms. The molecule has 0 unspecified atom stereocenters. The molecule has 0 amide bonds. The largest absolute Gasteiger partial charge is 0.459 e. The van der Waals surface area contributed by atoms with Crippen LogP contribution in [0.3, 0.4) is 0 Å². The van der Waals surface area contributed by atoms with Gasteiger partial charge in [0.05, 0.1) is 42.0 Å². The third-order valence-electron chi connectivity index (χ3n) is 12.3. The van der Waals surface area contributed by atoms with Crippen LogP contribution in [-0.2, 0) is 47.7 Å². The lowest BCUT2D eigenvalue weighted by molar-refractivity contribution is -0.332. The van der Waals surface area contributed by atoms with Crippen molar-refractivity contribution in [1.82, 2.24) is 10.0 Å². The van der Waals surface area contributed by atoms with Gasteiger partial charge in [0.25, 0.3) is 0 Å². The number of hydrogen-bond donors (Lipinski definition) is 6. The lowest BCUT2D eigenvalue weighted by Gasteiger charge is -2.52. The van der Waals surface area contributed by atoms with E-state index in [1.165, 1.54) is 14.0 Å². The second kappa shape index (κ2) is 16.4. The number of fused-ring (bicyclic) bond motifs is 1. The van der Waals surface area contributed by atoms with Crippen molar-refractivity contribution in [3.05, 3.63) is 0 Å². The second-order valence-electron chi connectivity index (χ2n) is 17.0. The second-order valence-corrected chi connectivity index (χ2v) is 18.3. The highest BCUT2D eigenvalue weighted by molar-refractivity contribution is 7.85. The number of hydrogen-bond acceptors (Lipinski definition) is 15. The Kier molecular flexibility index (Phi) is 13.8. The first-order valence-electron chi connectivity index (χ1n) is 19.0. The van der Waals surface area contributed by atoms with E-state index in [0.29, 0.717) is 13.0 Å². The molecular formula is C36H66N2O14S. The van der Waals surface area contributed by atoms with Crippen LogP contribution in [0.15, 0.2) is 0 Å². The van der Waals surface area contributed by atoms with Gasteiger partial charge in [-0.3, -0.25) is 4.79 Å². The minimum Gasteiger partial charge on any atom is -0.459 e. The van der Waals surface area contributed by atoms with Crippen molar-refractivity contribution in [3.8, 4) is 0 Å². The molecule has 4 fully saturated rings. The van der Waals surface area contributed by atoms with Gasteiger partial charge in [0.2, 0.25) is 0 Å². The number of esters is 1. The zero-order chi connectivity index (χ0) is 40.1. The number of carbonyl (C=O) groups excluding carboxylic acids is 1. The fourth-order valence-corrected chi connectivity index (χ4v) is 9.76. The molecule has 0 saturated carbocycles. The van der Waals surface area contributed by atoms with Crippen LogP contribution in [0.1, 0.15) is 102 Å². The maximum Gasteiger partial charge on any atom is 0.336 e. The van der Waals surface area contributed by atoms with Gasteiger partial charge in [0.1, 0.15) is 35.1 Å². The molecule has 0 bridgehead atoms. The Hall–Kier alpha value is -1.06. The molecule has 0 radical (unpaired) electrons. The topological polar surface area (TPSA) is 221 Å². The fraction of sp³-hybridized carbons (Fsp3) is 0.972. The normalized spacial score (nSPS) is 51.8. The molecule has 0 aliphatic carbocycles. The molecule has 4 saturated heterocycles. The fourth-order valence-electron chi connectivity index (χ4n) is 8.59. The van der Waals surface area contributed by atoms with E-state index >= 15 is 0 Å². The molecule has 0 aromatic heterocycles. The molecule has 18 atom stereocenters. The third-order valence-corrected chi connectivity index (χ3v) is 13.4. The summed E-state index contributed by atoms with van der Waals surface area (Å²) in [4.78, 5) is 14.2. The van der Waals surface area contributed by atoms with E-state index in [2.05, 4.69) is 10.0 Å². The molecule has 0 aromatic rings. The Bertz CT molecular complexity index is 1370. The van der Waals surface area contributed by atoms with Crippen LogP contribution in [0.5, 0.6) is 0 Å². The number of methoxy groups -OCH3 is 1. The van der Waals surface area contributed by atoms with Crippen LogP contribution in [0.25, 0.3) is 0 Å². The molecule has 4 rings (SSSR count). The Morgan fingerprint density at radius 2 is 1.60 bits per heavy atom. The quantitative estimate of drug-likeness (QED) is 0.209. The maximum absolute atomic E-state index is 14.2. The van der Waals surface area contributed by atoms with Gasteiger partial charge in [-0.2, -0.15) is 13.1 Å². The number of ether oxygens (including phenoxy) is 6. The smallest absolute Gasteiger partial charge is 0.336 e. The van der Waals surface area contributed by atoms with Gasteiger partial charge < -0.3 is 54.2 Å². The van der Waals surface area contributed by atoms with Gasteiger partial charge in [0, 0.05) is 25.5 Å². The van der Waals surface area contributed by atoms with E-state index < -0.39 is 118 Å². The number of nitrogens with one attached hydrogen (secondary N) is 2. The molecule has 0 spiro atoms. The van der Waals surface area contributed by atoms with Gasteiger partial charge in [0.15, 0.2) is 12.6 Å². The number of rotatable bonds is 6. The lowest BCUT2D eigenvalue weighted by Crippen LogP contribution is -2.65. The van der Waals surface area contributed by atoms with Crippen LogP contribution >= 0.6 is 0 Å². The van der Waals surface area contributed by atoms with Crippen LogP contribution in [0.4, 0.5) is 0 Å². The average molecular weight is 783 g/mol. The minimum absolute atomic E-state index is 0.0667. The zero-order valence-corrected chi connectivity index (χ0v) is 34.2. The Balaban J connectivity index is 1.81. The van der Waals surface area contributed by atoms with Crippen molar-refractivity contribution >= 4 is 16.3 Å². The summed E-state index contributed by atoms with van der Waals surface area (Å²) in [6, 6.07) is -1.26. The first kappa shape index (κ1) is 44.7. The Labute approximate surface area is 315 Å². The van der Waals surface area contributed by atoms with E-state index in [-0.39, 0.29) is 25.2 Å². The molecule has 6 N–H and O–H groups in total. The molecule has 4 aliphatic rings. The van der Waals surface area contributed by atoms with Crippen LogP contribution < -0.4 is 10.0 Å². The summed E-state index contributed by atoms with van der Waals surface area (Å²) >= 11 is 0. The summed E-state index contributed by atoms with van der Waals surface area (Å²) in [5.41, 5.74) is -6.02. The SMILES string of the molecule is CC[C@H]1OC(=O)[C@H](C)[C@@H](O[C@H]2C[C@@](C)(OC)[C@@](C)(O)[C@H](C)O2)[C@H](C)[C@@H](O[C@@H]2O[C@H](C)C[C@@H]3NS(=O)(=O)O[C@@H]23)[C@](C)(O)C[C@@H](C)CN[C@H](C)[C@@H](O)[C@]1(C)O. The molecular weight excluding hydrogens is 716 g/mol. The van der Waals surface area contributed by atoms with Gasteiger partial charge in [-0.05, 0) is 87.1 Å². The van der Waals surface area contributed by atoms with E-state index in [9.17, 15) is 33.6 Å². The predicted molar refractivity (Wildman–Crippen MR) is 191 cm³/mol. The molecule has 0 aromatic carbocycles. The summed E-state index contributed by atoms with van der Waals surface area (Å²) < 4.78 is 70.4. The van der Waals surface area contributed by atoms with Crippen LogP contribution in [0.2, 0.25) is 0 Å². The van der Waals surface area contributed by atoms with E-state index in [1.807, 2.05) is 6.92 Å². The number of aliphatic hydroxyl groups excluding tert-OH is 1. The molecule has 4 aliphatic heterocycles. The monoisotopic (exact) mass is 782 g/mol. The Morgan fingerprint density at radius 3 is 2.21 bits per heavy atom. The highest BCUT2D eigenvalue weighted by atomic mass is 32.2. The summed E-state index contributed by atoms with van der Waals surface area (Å²) in [6.45, 7) is 18.9. The van der Waals surface area contributed by atoms with Crippen molar-refractivity contribution in [3.63, 3.8) is 0 Å². The van der Waals surface area contributed by atoms with Crippen LogP contribution in [-0.4, -0.2) is 138 Å². The van der Waals surface area contributed by atoms with E-state index in [1.54, 1.807) is 62.3 Å². The standard InChI is InChI=1S/C36H66N2O14S/c1-13-25-35(10,42)29(39)22(6)37-17-18(2)15-33(8,41)30(51-32-28-24(14-19(3)47-32)38-53(44,45)52-28)20(4)27(21(5)31(40)49-25)50-26-16-34(9,46-12)36(11,43)23(7)48-26/h18-30,32,37-39,41-43H,13-17H2,1-12H3/t18-,19-,20+,21-,22-,23+,24+,25-,26+,27+,28-,29-,30-,32+,33-,34-,35-,36+/m1/s1. The lowest BCUT2D eigenvalue weighted by atomic mass is 9.76. The van der Waals surface area contributed by atoms with Gasteiger partial charge in [-0.25, -0.2) is 4.18 Å². The molecule has 4 heterocycles. The van der Waals surface area contributed by atoms with E-state index in [0.717, 1.165) is 0 Å². The molecule has 310 valence electrons. The van der Waals surface area contributed by atoms with Crippen molar-refractivity contribution in [2.24, 2.45) is 17.8 Å². The summed E-state index contributed by atoms with van der Waals surface area (Å²) in [7, 11) is -2.59. The first-order valence-corrected chi connectivity index (χ1v) is 20.4. The van der Waals surface area contributed by atoms with Crippen molar-refractivity contribution in [1.29, 1.82) is 0 Å². The highest BCUT2D eigenvalue weighted by Crippen LogP contribution is 2.43. The Morgan fingerprint density at radius 1 is 0.962 bits per heavy atom. The van der Waals surface area contributed by atoms with Gasteiger partial charge in [-0.1, -0.05) is 20.8 Å². The number of carbonyl (C=O) groups is 1. The summed E-state index contributed by atoms with van der Waals surface area (Å²) in [5.74, 6) is -2.89. The zero-order valence-electron chi connectivity index (χ0n) is 33.4. The van der Waals surface area contributed by atoms with Crippen molar-refractivity contribution in [2.75, 3.05) is 13.7 Å². The molecule has 53 heavy (non-hydrogen) atoms. The summed E-state index contributed by atoms with van der Waals surface area (Å²) in [5, 5.41) is 49.9. The van der Waals surface area contributed by atoms with Crippen LogP contribution in [0, 0.1) is 17.8 Å². The predicted octanol–water partition coefficient (Wildman–Crippen LogP) is 1.26. The highest BCUT2D eigenvalue weighted by Gasteiger charge is 2.57. The molecule has 16 nitrogen and oxygen atoms in total. The minimum atomic E-state index is -4.08. The van der Waals surface area contributed by atoms with Crippen molar-refractivity contribution < 1.29 is 66.2 Å². The van der Waals surface area contributed by atoms with Crippen molar-refractivity contribution in [2.45, 2.75) is 192 Å². The average Bonchev–Trinajstić information content (AvgIpc) is 3.37. The first-order chi connectivity index (χ1) is 24.3. The van der Waals surface area contributed by atoms with Gasteiger partial charge in [-0.15, -0.1) is 0 Å². The number of aliphatic hydroxyl groups is 4. The third kappa shape index (κ3) is 9.40. The number of cyclic esters (lactones) is 1. The summed E-state index contributed by atoms with van der Waals surface area (Å²) in [6.07, 6.45) is -8.46. The van der Waals surface area contributed by atoms with Gasteiger partial charge >= 0.3 is 16.3 Å².